The van der Waals surface area contributed by atoms with Crippen LogP contribution in [0, 0.1) is 0 Å². The van der Waals surface area contributed by atoms with Gasteiger partial charge in [0.15, 0.2) is 0 Å². The Morgan fingerprint density at radius 2 is 1.77 bits per heavy atom. The second-order valence-corrected chi connectivity index (χ2v) is 4.64. The Hall–Kier alpha value is -0.800. The van der Waals surface area contributed by atoms with E-state index >= 15 is 0 Å². The van der Waals surface area contributed by atoms with Crippen molar-refractivity contribution in [2.75, 3.05) is 6.67 Å². The molecule has 0 aliphatic carbocycles. The molecule has 1 N–H and O–H groups in total. The lowest BCUT2D eigenvalue weighted by Gasteiger charge is -2.26. The number of halogens is 1. The van der Waals surface area contributed by atoms with E-state index in [-0.39, 0.29) is 0 Å². The fraction of sp³-hybridized carbons (Fsp3) is 0.889. The highest BCUT2D eigenvalue weighted by Gasteiger charge is 2.24. The van der Waals surface area contributed by atoms with Crippen LogP contribution in [-0.2, 0) is 4.74 Å². The summed E-state index contributed by atoms with van der Waals surface area (Å²) in [6.45, 7) is 7.85. The fourth-order valence-electron chi connectivity index (χ4n) is 0.613. The monoisotopic (exact) mass is 191 g/mol. The summed E-state index contributed by atoms with van der Waals surface area (Å²) in [5, 5.41) is 2.43. The van der Waals surface area contributed by atoms with E-state index in [0.717, 1.165) is 0 Å². The van der Waals surface area contributed by atoms with Gasteiger partial charge < -0.3 is 10.1 Å². The number of hydrogen-bond acceptors (Lipinski definition) is 2. The molecule has 0 fully saturated rings. The van der Waals surface area contributed by atoms with Gasteiger partial charge in [-0.1, -0.05) is 0 Å². The number of hydrogen-bond donors (Lipinski definition) is 1. The molecule has 0 aromatic carbocycles. The molecular formula is C9H18FNO2. The number of ether oxygens (including phenoxy) is 1. The molecule has 4 heteroatoms. The molecule has 0 radical (unpaired) electrons. The van der Waals surface area contributed by atoms with E-state index in [1.807, 2.05) is 0 Å². The third kappa shape index (κ3) is 6.37. The minimum atomic E-state index is -0.859. The standard InChI is InChI=1S/C9H18FNO2/c1-8(2,3)13-7(12)11-9(4,5)6-10/h6H2,1-5H3,(H,11,12). The summed E-state index contributed by atoms with van der Waals surface area (Å²) in [5.74, 6) is 0. The molecule has 0 bridgehead atoms. The number of alkyl carbamates (subject to hydrolysis) is 1. The van der Waals surface area contributed by atoms with Gasteiger partial charge >= 0.3 is 6.09 Å². The highest BCUT2D eigenvalue weighted by atomic mass is 19.1. The summed E-state index contributed by atoms with van der Waals surface area (Å²) in [5.41, 5.74) is -1.40. The minimum Gasteiger partial charge on any atom is -0.444 e. The van der Waals surface area contributed by atoms with Crippen molar-refractivity contribution in [3.05, 3.63) is 0 Å². The molecule has 0 saturated heterocycles. The normalized spacial score (nSPS) is 12.5. The number of carbonyl (C=O) groups is 1. The summed E-state index contributed by atoms with van der Waals surface area (Å²) in [4.78, 5) is 11.1. The van der Waals surface area contributed by atoms with Crippen molar-refractivity contribution >= 4 is 6.09 Å². The zero-order valence-corrected chi connectivity index (χ0v) is 8.90. The van der Waals surface area contributed by atoms with Gasteiger partial charge in [-0.05, 0) is 34.6 Å². The summed E-state index contributed by atoms with van der Waals surface area (Å²) >= 11 is 0. The summed E-state index contributed by atoms with van der Waals surface area (Å²) < 4.78 is 17.3. The van der Waals surface area contributed by atoms with E-state index in [1.165, 1.54) is 0 Å². The van der Waals surface area contributed by atoms with Gasteiger partial charge in [0.25, 0.3) is 0 Å². The van der Waals surface area contributed by atoms with Gasteiger partial charge in [0.2, 0.25) is 0 Å². The SMILES string of the molecule is CC(C)(CF)NC(=O)OC(C)(C)C. The first kappa shape index (κ1) is 12.2. The van der Waals surface area contributed by atoms with Gasteiger partial charge in [-0.15, -0.1) is 0 Å². The van der Waals surface area contributed by atoms with Crippen LogP contribution in [0.4, 0.5) is 9.18 Å². The highest BCUT2D eigenvalue weighted by molar-refractivity contribution is 5.68. The van der Waals surface area contributed by atoms with Crippen molar-refractivity contribution in [3.8, 4) is 0 Å². The molecule has 0 rings (SSSR count). The minimum absolute atomic E-state index is 0.545. The Labute approximate surface area is 78.6 Å². The van der Waals surface area contributed by atoms with Crippen molar-refractivity contribution in [2.45, 2.75) is 45.8 Å². The first-order valence-electron chi connectivity index (χ1n) is 4.23. The van der Waals surface area contributed by atoms with Crippen molar-refractivity contribution in [2.24, 2.45) is 0 Å². The lowest BCUT2D eigenvalue weighted by atomic mass is 10.1. The molecular weight excluding hydrogens is 173 g/mol. The van der Waals surface area contributed by atoms with Crippen LogP contribution in [-0.4, -0.2) is 23.9 Å². The van der Waals surface area contributed by atoms with Gasteiger partial charge in [0.05, 0.1) is 5.54 Å². The van der Waals surface area contributed by atoms with Crippen LogP contribution in [0.5, 0.6) is 0 Å². The van der Waals surface area contributed by atoms with Crippen LogP contribution < -0.4 is 5.32 Å². The van der Waals surface area contributed by atoms with Crippen molar-refractivity contribution < 1.29 is 13.9 Å². The van der Waals surface area contributed by atoms with Crippen LogP contribution in [0.1, 0.15) is 34.6 Å². The maximum atomic E-state index is 12.3. The maximum absolute atomic E-state index is 12.3. The average molecular weight is 191 g/mol. The molecule has 0 heterocycles. The van der Waals surface area contributed by atoms with E-state index < -0.39 is 23.9 Å². The van der Waals surface area contributed by atoms with E-state index in [0.29, 0.717) is 0 Å². The molecule has 78 valence electrons. The molecule has 0 aliphatic heterocycles. The Bertz CT molecular complexity index is 185. The molecule has 0 aromatic heterocycles. The van der Waals surface area contributed by atoms with Gasteiger partial charge in [0, 0.05) is 0 Å². The van der Waals surface area contributed by atoms with E-state index in [9.17, 15) is 9.18 Å². The lowest BCUT2D eigenvalue weighted by Crippen LogP contribution is -2.47. The van der Waals surface area contributed by atoms with E-state index in [1.54, 1.807) is 34.6 Å². The molecule has 0 spiro atoms. The summed E-state index contributed by atoms with van der Waals surface area (Å²) in [6, 6.07) is 0. The Kier molecular flexibility index (Phi) is 3.70. The van der Waals surface area contributed by atoms with Gasteiger partial charge in [-0.2, -0.15) is 0 Å². The topological polar surface area (TPSA) is 38.3 Å². The predicted molar refractivity (Wildman–Crippen MR) is 49.4 cm³/mol. The van der Waals surface area contributed by atoms with Crippen LogP contribution in [0.3, 0.4) is 0 Å². The number of carbonyl (C=O) groups excluding carboxylic acids is 1. The van der Waals surface area contributed by atoms with E-state index in [2.05, 4.69) is 5.32 Å². The molecule has 0 atom stereocenters. The van der Waals surface area contributed by atoms with Crippen LogP contribution in [0.25, 0.3) is 0 Å². The number of amides is 1. The summed E-state index contributed by atoms with van der Waals surface area (Å²) in [6.07, 6.45) is -0.588. The molecule has 0 aromatic rings. The third-order valence-corrected chi connectivity index (χ3v) is 1.17. The van der Waals surface area contributed by atoms with Gasteiger partial charge in [-0.3, -0.25) is 0 Å². The second-order valence-electron chi connectivity index (χ2n) is 4.64. The van der Waals surface area contributed by atoms with Crippen LogP contribution in [0.15, 0.2) is 0 Å². The quantitative estimate of drug-likeness (QED) is 0.727. The Morgan fingerprint density at radius 1 is 1.31 bits per heavy atom. The Morgan fingerprint density at radius 3 is 2.08 bits per heavy atom. The first-order valence-corrected chi connectivity index (χ1v) is 4.23. The first-order chi connectivity index (χ1) is 5.66. The maximum Gasteiger partial charge on any atom is 0.408 e. The molecule has 3 nitrogen and oxygen atoms in total. The largest absolute Gasteiger partial charge is 0.444 e. The molecule has 1 amide bonds. The number of nitrogens with one attached hydrogen (secondary N) is 1. The molecule has 0 unspecified atom stereocenters. The number of rotatable bonds is 2. The predicted octanol–water partition coefficient (Wildman–Crippen LogP) is 2.26. The van der Waals surface area contributed by atoms with Gasteiger partial charge in [0.1, 0.15) is 12.3 Å². The van der Waals surface area contributed by atoms with Crippen molar-refractivity contribution in [3.63, 3.8) is 0 Å². The van der Waals surface area contributed by atoms with Crippen LogP contribution >= 0.6 is 0 Å². The highest BCUT2D eigenvalue weighted by Crippen LogP contribution is 2.09. The lowest BCUT2D eigenvalue weighted by molar-refractivity contribution is 0.0458. The van der Waals surface area contributed by atoms with E-state index in [4.69, 9.17) is 4.74 Å². The number of alkyl halides is 1. The van der Waals surface area contributed by atoms with Crippen molar-refractivity contribution in [1.82, 2.24) is 5.32 Å². The summed E-state index contributed by atoms with van der Waals surface area (Å²) in [7, 11) is 0. The zero-order chi connectivity index (χ0) is 10.7. The zero-order valence-electron chi connectivity index (χ0n) is 8.90. The third-order valence-electron chi connectivity index (χ3n) is 1.17. The molecule has 13 heavy (non-hydrogen) atoms. The fourth-order valence-corrected chi connectivity index (χ4v) is 0.613. The smallest absolute Gasteiger partial charge is 0.408 e. The van der Waals surface area contributed by atoms with Crippen molar-refractivity contribution in [1.29, 1.82) is 0 Å². The van der Waals surface area contributed by atoms with Gasteiger partial charge in [-0.25, -0.2) is 9.18 Å². The Balaban J connectivity index is 4.03. The average Bonchev–Trinajstić information content (AvgIpc) is 1.81. The second kappa shape index (κ2) is 3.94. The molecule has 0 aliphatic rings. The van der Waals surface area contributed by atoms with Crippen LogP contribution in [0.2, 0.25) is 0 Å². The molecule has 0 saturated carbocycles.